The summed E-state index contributed by atoms with van der Waals surface area (Å²) < 4.78 is 1.73. The van der Waals surface area contributed by atoms with E-state index in [1.165, 1.54) is 11.3 Å². The molecule has 0 unspecified atom stereocenters. The third-order valence-electron chi connectivity index (χ3n) is 2.77. The molecule has 3 aromatic rings. The van der Waals surface area contributed by atoms with Crippen LogP contribution in [0.25, 0.3) is 16.8 Å². The van der Waals surface area contributed by atoms with Crippen molar-refractivity contribution in [1.29, 1.82) is 0 Å². The van der Waals surface area contributed by atoms with Gasteiger partial charge in [0.25, 0.3) is 0 Å². The quantitative estimate of drug-likeness (QED) is 0.794. The van der Waals surface area contributed by atoms with Gasteiger partial charge in [-0.05, 0) is 23.6 Å². The lowest BCUT2D eigenvalue weighted by Gasteiger charge is -1.99. The topological polar surface area (TPSA) is 55.1 Å². The number of thiophene rings is 1. The SMILES string of the molecule is O=C(O)c1sccc1-c1cnn(-c2ccccc2)c1. The largest absolute Gasteiger partial charge is 0.477 e. The van der Waals surface area contributed by atoms with E-state index in [-0.39, 0.29) is 0 Å². The molecule has 0 atom stereocenters. The number of hydrogen-bond acceptors (Lipinski definition) is 3. The molecule has 2 heterocycles. The van der Waals surface area contributed by atoms with Crippen LogP contribution in [-0.2, 0) is 0 Å². The van der Waals surface area contributed by atoms with Gasteiger partial charge in [0, 0.05) is 17.3 Å². The van der Waals surface area contributed by atoms with Crippen molar-refractivity contribution in [1.82, 2.24) is 9.78 Å². The molecule has 0 saturated carbocycles. The fourth-order valence-electron chi connectivity index (χ4n) is 1.89. The Labute approximate surface area is 113 Å². The summed E-state index contributed by atoms with van der Waals surface area (Å²) in [6, 6.07) is 11.5. The molecular formula is C14H10N2O2S. The maximum atomic E-state index is 11.1. The summed E-state index contributed by atoms with van der Waals surface area (Å²) in [5.74, 6) is -0.905. The van der Waals surface area contributed by atoms with Crippen molar-refractivity contribution in [3.8, 4) is 16.8 Å². The highest BCUT2D eigenvalue weighted by Gasteiger charge is 2.14. The van der Waals surface area contributed by atoms with E-state index in [9.17, 15) is 4.79 Å². The molecular weight excluding hydrogens is 260 g/mol. The molecule has 1 N–H and O–H groups in total. The van der Waals surface area contributed by atoms with Crippen LogP contribution in [-0.4, -0.2) is 20.9 Å². The Morgan fingerprint density at radius 2 is 2.00 bits per heavy atom. The number of para-hydroxylation sites is 1. The van der Waals surface area contributed by atoms with Crippen molar-refractivity contribution in [2.75, 3.05) is 0 Å². The minimum atomic E-state index is -0.905. The van der Waals surface area contributed by atoms with Crippen LogP contribution in [0.5, 0.6) is 0 Å². The van der Waals surface area contributed by atoms with Crippen LogP contribution in [0, 0.1) is 0 Å². The number of aromatic nitrogens is 2. The first-order valence-corrected chi connectivity index (χ1v) is 6.55. The van der Waals surface area contributed by atoms with Gasteiger partial charge in [0.15, 0.2) is 0 Å². The molecule has 94 valence electrons. The highest BCUT2D eigenvalue weighted by atomic mass is 32.1. The van der Waals surface area contributed by atoms with Gasteiger partial charge in [-0.15, -0.1) is 11.3 Å². The Kier molecular flexibility index (Phi) is 2.89. The van der Waals surface area contributed by atoms with Crippen LogP contribution in [0.3, 0.4) is 0 Å². The predicted octanol–water partition coefficient (Wildman–Crippen LogP) is 3.30. The van der Waals surface area contributed by atoms with E-state index in [1.807, 2.05) is 36.5 Å². The molecule has 0 fully saturated rings. The minimum absolute atomic E-state index is 0.340. The number of carboxylic acid groups (broad SMARTS) is 1. The van der Waals surface area contributed by atoms with Crippen LogP contribution in [0.1, 0.15) is 9.67 Å². The molecule has 0 spiro atoms. The van der Waals surface area contributed by atoms with Crippen molar-refractivity contribution >= 4 is 17.3 Å². The number of carboxylic acids is 1. The van der Waals surface area contributed by atoms with Crippen molar-refractivity contribution < 1.29 is 9.90 Å². The molecule has 0 bridgehead atoms. The fraction of sp³-hybridized carbons (Fsp3) is 0. The molecule has 0 aliphatic carbocycles. The molecule has 5 heteroatoms. The second-order valence-electron chi connectivity index (χ2n) is 3.98. The van der Waals surface area contributed by atoms with Gasteiger partial charge in [-0.1, -0.05) is 18.2 Å². The zero-order valence-electron chi connectivity index (χ0n) is 9.85. The molecule has 0 aliphatic rings. The first-order chi connectivity index (χ1) is 9.25. The molecule has 2 aromatic heterocycles. The van der Waals surface area contributed by atoms with Gasteiger partial charge in [-0.3, -0.25) is 0 Å². The predicted molar refractivity (Wildman–Crippen MR) is 73.8 cm³/mol. The third kappa shape index (κ3) is 2.15. The average Bonchev–Trinajstić information content (AvgIpc) is 3.08. The maximum absolute atomic E-state index is 11.1. The molecule has 0 radical (unpaired) electrons. The molecule has 0 aliphatic heterocycles. The second-order valence-corrected chi connectivity index (χ2v) is 4.89. The molecule has 4 nitrogen and oxygen atoms in total. The highest BCUT2D eigenvalue weighted by molar-refractivity contribution is 7.12. The second kappa shape index (κ2) is 4.70. The standard InChI is InChI=1S/C14H10N2O2S/c17-14(18)13-12(6-7-19-13)10-8-15-16(9-10)11-4-2-1-3-5-11/h1-9H,(H,17,18). The Morgan fingerprint density at radius 1 is 1.21 bits per heavy atom. The van der Waals surface area contributed by atoms with Crippen LogP contribution in [0.4, 0.5) is 0 Å². The van der Waals surface area contributed by atoms with E-state index in [0.717, 1.165) is 11.3 Å². The first-order valence-electron chi connectivity index (χ1n) is 5.67. The summed E-state index contributed by atoms with van der Waals surface area (Å²) in [6.45, 7) is 0. The summed E-state index contributed by atoms with van der Waals surface area (Å²) in [6.07, 6.45) is 3.52. The van der Waals surface area contributed by atoms with E-state index < -0.39 is 5.97 Å². The summed E-state index contributed by atoms with van der Waals surface area (Å²) >= 11 is 1.22. The van der Waals surface area contributed by atoms with E-state index in [1.54, 1.807) is 22.3 Å². The van der Waals surface area contributed by atoms with Crippen LogP contribution in [0.2, 0.25) is 0 Å². The van der Waals surface area contributed by atoms with Gasteiger partial charge in [-0.25, -0.2) is 9.48 Å². The van der Waals surface area contributed by atoms with Gasteiger partial charge in [0.2, 0.25) is 0 Å². The Hall–Kier alpha value is -2.40. The van der Waals surface area contributed by atoms with Crippen LogP contribution < -0.4 is 0 Å². The van der Waals surface area contributed by atoms with E-state index in [0.29, 0.717) is 10.4 Å². The Morgan fingerprint density at radius 3 is 2.74 bits per heavy atom. The zero-order chi connectivity index (χ0) is 13.2. The molecule has 0 amide bonds. The van der Waals surface area contributed by atoms with Gasteiger partial charge in [0.1, 0.15) is 4.88 Å². The van der Waals surface area contributed by atoms with Crippen molar-refractivity contribution in [3.05, 3.63) is 59.0 Å². The maximum Gasteiger partial charge on any atom is 0.346 e. The molecule has 1 aromatic carbocycles. The lowest BCUT2D eigenvalue weighted by atomic mass is 10.1. The molecule has 0 saturated heterocycles. The average molecular weight is 270 g/mol. The van der Waals surface area contributed by atoms with E-state index in [2.05, 4.69) is 5.10 Å². The monoisotopic (exact) mass is 270 g/mol. The Balaban J connectivity index is 2.02. The summed E-state index contributed by atoms with van der Waals surface area (Å²) in [5, 5.41) is 15.2. The van der Waals surface area contributed by atoms with Crippen LogP contribution in [0.15, 0.2) is 54.2 Å². The third-order valence-corrected chi connectivity index (χ3v) is 3.68. The summed E-state index contributed by atoms with van der Waals surface area (Å²) in [5.41, 5.74) is 2.46. The lowest BCUT2D eigenvalue weighted by Crippen LogP contribution is -1.94. The summed E-state index contributed by atoms with van der Waals surface area (Å²) in [4.78, 5) is 11.5. The minimum Gasteiger partial charge on any atom is -0.477 e. The number of rotatable bonds is 3. The summed E-state index contributed by atoms with van der Waals surface area (Å²) in [7, 11) is 0. The number of carbonyl (C=O) groups is 1. The van der Waals surface area contributed by atoms with E-state index in [4.69, 9.17) is 5.11 Å². The smallest absolute Gasteiger partial charge is 0.346 e. The fourth-order valence-corrected chi connectivity index (χ4v) is 2.64. The van der Waals surface area contributed by atoms with Crippen molar-refractivity contribution in [2.24, 2.45) is 0 Å². The van der Waals surface area contributed by atoms with Crippen molar-refractivity contribution in [2.45, 2.75) is 0 Å². The van der Waals surface area contributed by atoms with Gasteiger partial charge < -0.3 is 5.11 Å². The number of hydrogen-bond donors (Lipinski definition) is 1. The number of aromatic carboxylic acids is 1. The first kappa shape index (κ1) is 11.7. The van der Waals surface area contributed by atoms with E-state index >= 15 is 0 Å². The van der Waals surface area contributed by atoms with Gasteiger partial charge in [0.05, 0.1) is 11.9 Å². The molecule has 3 rings (SSSR count). The number of benzene rings is 1. The Bertz CT molecular complexity index is 716. The number of nitrogens with zero attached hydrogens (tertiary/aromatic N) is 2. The highest BCUT2D eigenvalue weighted by Crippen LogP contribution is 2.28. The molecule has 19 heavy (non-hydrogen) atoms. The van der Waals surface area contributed by atoms with Gasteiger partial charge >= 0.3 is 5.97 Å². The normalized spacial score (nSPS) is 10.5. The van der Waals surface area contributed by atoms with Crippen molar-refractivity contribution in [3.63, 3.8) is 0 Å². The van der Waals surface area contributed by atoms with Gasteiger partial charge in [-0.2, -0.15) is 5.10 Å². The zero-order valence-corrected chi connectivity index (χ0v) is 10.7. The lowest BCUT2D eigenvalue weighted by molar-refractivity contribution is 0.0703. The van der Waals surface area contributed by atoms with Crippen LogP contribution >= 0.6 is 11.3 Å².